The maximum atomic E-state index is 16.7. The van der Waals surface area contributed by atoms with Gasteiger partial charge in [0, 0.05) is 31.1 Å². The SMILES string of the molecule is CC(C)(C)CCN(C[C@H]1Cc2c(cc(OCc3ccccc3)c(NCC(=O)OC(C)(C)C)c2F)N1C(=O)OC(C)(C)C)C(=O)OC(C)(C)C. The molecule has 1 aliphatic rings. The fourth-order valence-corrected chi connectivity index (χ4v) is 5.15. The number of anilines is 2. The molecular formula is C38H56FN3O7. The van der Waals surface area contributed by atoms with Crippen molar-refractivity contribution in [2.45, 2.75) is 125 Å². The van der Waals surface area contributed by atoms with Gasteiger partial charge in [0.2, 0.25) is 0 Å². The first-order valence-electron chi connectivity index (χ1n) is 16.9. The minimum Gasteiger partial charge on any atom is -0.487 e. The number of nitrogens with one attached hydrogen (secondary N) is 1. The number of hydrogen-bond acceptors (Lipinski definition) is 8. The minimum atomic E-state index is -0.846. The Morgan fingerprint density at radius 3 is 2.02 bits per heavy atom. The van der Waals surface area contributed by atoms with Gasteiger partial charge in [-0.1, -0.05) is 51.1 Å². The number of rotatable bonds is 10. The molecule has 272 valence electrons. The minimum absolute atomic E-state index is 0.0259. The Morgan fingerprint density at radius 2 is 1.47 bits per heavy atom. The topological polar surface area (TPSA) is 107 Å². The number of carbonyl (C=O) groups excluding carboxylic acids is 3. The van der Waals surface area contributed by atoms with Crippen LogP contribution in [0.3, 0.4) is 0 Å². The molecule has 1 N–H and O–H groups in total. The van der Waals surface area contributed by atoms with Crippen molar-refractivity contribution in [2.75, 3.05) is 29.9 Å². The van der Waals surface area contributed by atoms with Gasteiger partial charge in [-0.2, -0.15) is 0 Å². The first-order valence-corrected chi connectivity index (χ1v) is 16.9. The molecule has 10 nitrogen and oxygen atoms in total. The third-order valence-electron chi connectivity index (χ3n) is 7.24. The van der Waals surface area contributed by atoms with Crippen LogP contribution in [0.25, 0.3) is 0 Å². The zero-order valence-corrected chi connectivity index (χ0v) is 31.4. The van der Waals surface area contributed by atoms with Gasteiger partial charge >= 0.3 is 18.2 Å². The van der Waals surface area contributed by atoms with Crippen molar-refractivity contribution >= 4 is 29.5 Å². The van der Waals surface area contributed by atoms with Crippen LogP contribution in [-0.4, -0.2) is 65.5 Å². The lowest BCUT2D eigenvalue weighted by Crippen LogP contribution is -2.50. The van der Waals surface area contributed by atoms with Gasteiger partial charge in [0.15, 0.2) is 5.82 Å². The quantitative estimate of drug-likeness (QED) is 0.196. The Kier molecular flexibility index (Phi) is 12.3. The fourth-order valence-electron chi connectivity index (χ4n) is 5.15. The third-order valence-corrected chi connectivity index (χ3v) is 7.24. The summed E-state index contributed by atoms with van der Waals surface area (Å²) in [5.74, 6) is -1.13. The number of nitrogens with zero attached hydrogens (tertiary/aromatic N) is 2. The number of carbonyl (C=O) groups is 3. The summed E-state index contributed by atoms with van der Waals surface area (Å²) in [6, 6.07) is 10.3. The highest BCUT2D eigenvalue weighted by atomic mass is 19.1. The van der Waals surface area contributed by atoms with Crippen LogP contribution in [-0.2, 0) is 32.0 Å². The summed E-state index contributed by atoms with van der Waals surface area (Å²) >= 11 is 0. The maximum Gasteiger partial charge on any atom is 0.415 e. The fraction of sp³-hybridized carbons (Fsp3) is 0.605. The number of benzene rings is 2. The molecule has 3 rings (SSSR count). The van der Waals surface area contributed by atoms with E-state index in [4.69, 9.17) is 18.9 Å². The largest absolute Gasteiger partial charge is 0.487 e. The highest BCUT2D eigenvalue weighted by molar-refractivity contribution is 5.93. The first kappa shape index (κ1) is 39.4. The summed E-state index contributed by atoms with van der Waals surface area (Å²) in [5, 5.41) is 2.89. The molecule has 2 aromatic rings. The van der Waals surface area contributed by atoms with Gasteiger partial charge < -0.3 is 29.2 Å². The van der Waals surface area contributed by atoms with Crippen molar-refractivity contribution in [1.29, 1.82) is 0 Å². The zero-order chi connectivity index (χ0) is 36.9. The molecule has 0 unspecified atom stereocenters. The van der Waals surface area contributed by atoms with E-state index in [2.05, 4.69) is 26.1 Å². The van der Waals surface area contributed by atoms with Crippen LogP contribution < -0.4 is 15.0 Å². The van der Waals surface area contributed by atoms with E-state index in [9.17, 15) is 14.4 Å². The van der Waals surface area contributed by atoms with E-state index >= 15 is 4.39 Å². The van der Waals surface area contributed by atoms with Gasteiger partial charge in [-0.15, -0.1) is 0 Å². The maximum absolute atomic E-state index is 16.7. The smallest absolute Gasteiger partial charge is 0.415 e. The van der Waals surface area contributed by atoms with Gasteiger partial charge in [-0.25, -0.2) is 14.0 Å². The molecule has 0 radical (unpaired) electrons. The number of esters is 1. The van der Waals surface area contributed by atoms with E-state index in [1.807, 2.05) is 30.3 Å². The van der Waals surface area contributed by atoms with Crippen molar-refractivity contribution in [1.82, 2.24) is 4.90 Å². The molecule has 2 amide bonds. The standard InChI is InChI=1S/C38H56FN3O7/c1-35(2,3)18-19-41(33(44)48-37(7,8)9)23-26-20-27-28(42(26)34(45)49-38(10,11)12)21-29(46-24-25-16-14-13-15-17-25)32(31(27)39)40-22-30(43)47-36(4,5)6/h13-17,21,26,40H,18-20,22-24H2,1-12H3/t26-/m1/s1. The molecule has 11 heteroatoms. The second-order valence-electron chi connectivity index (χ2n) is 16.7. The molecule has 2 aromatic carbocycles. The average molecular weight is 686 g/mol. The Balaban J connectivity index is 2.09. The first-order chi connectivity index (χ1) is 22.4. The monoisotopic (exact) mass is 685 g/mol. The molecule has 49 heavy (non-hydrogen) atoms. The van der Waals surface area contributed by atoms with E-state index in [1.54, 1.807) is 73.3 Å². The molecule has 0 spiro atoms. The van der Waals surface area contributed by atoms with E-state index in [-0.39, 0.29) is 54.2 Å². The van der Waals surface area contributed by atoms with E-state index in [0.717, 1.165) is 5.56 Å². The lowest BCUT2D eigenvalue weighted by Gasteiger charge is -2.34. The number of amides is 2. The Morgan fingerprint density at radius 1 is 0.878 bits per heavy atom. The predicted molar refractivity (Wildman–Crippen MR) is 190 cm³/mol. The molecule has 0 bridgehead atoms. The second kappa shape index (κ2) is 15.3. The van der Waals surface area contributed by atoms with Crippen LogP contribution in [0.15, 0.2) is 36.4 Å². The van der Waals surface area contributed by atoms with Crippen molar-refractivity contribution in [2.24, 2.45) is 5.41 Å². The van der Waals surface area contributed by atoms with E-state index in [0.29, 0.717) is 13.0 Å². The Bertz CT molecular complexity index is 1470. The van der Waals surface area contributed by atoms with Gasteiger partial charge in [0.25, 0.3) is 0 Å². The van der Waals surface area contributed by atoms with Crippen molar-refractivity contribution in [3.05, 3.63) is 53.3 Å². The second-order valence-corrected chi connectivity index (χ2v) is 16.7. The Hall–Kier alpha value is -4.02. The predicted octanol–water partition coefficient (Wildman–Crippen LogP) is 8.50. The normalized spacial score (nSPS) is 15.0. The summed E-state index contributed by atoms with van der Waals surface area (Å²) in [6.45, 7) is 22.4. The lowest BCUT2D eigenvalue weighted by molar-refractivity contribution is -0.152. The summed E-state index contributed by atoms with van der Waals surface area (Å²) < 4.78 is 39.9. The average Bonchev–Trinajstić information content (AvgIpc) is 3.29. The molecule has 1 aliphatic heterocycles. The molecule has 1 heterocycles. The van der Waals surface area contributed by atoms with Crippen molar-refractivity contribution in [3.8, 4) is 5.75 Å². The molecule has 1 atom stereocenters. The zero-order valence-electron chi connectivity index (χ0n) is 31.4. The summed E-state index contributed by atoms with van der Waals surface area (Å²) in [5.41, 5.74) is -1.09. The van der Waals surface area contributed by atoms with E-state index in [1.165, 1.54) is 4.90 Å². The van der Waals surface area contributed by atoms with Crippen LogP contribution in [0.5, 0.6) is 5.75 Å². The highest BCUT2D eigenvalue weighted by Gasteiger charge is 2.42. The number of ether oxygens (including phenoxy) is 4. The molecule has 0 saturated carbocycles. The molecular weight excluding hydrogens is 629 g/mol. The molecule has 0 aromatic heterocycles. The van der Waals surface area contributed by atoms with Gasteiger partial charge in [-0.3, -0.25) is 9.69 Å². The van der Waals surface area contributed by atoms with Gasteiger partial charge in [0.1, 0.15) is 41.4 Å². The Labute approximate surface area is 291 Å². The summed E-state index contributed by atoms with van der Waals surface area (Å²) in [7, 11) is 0. The van der Waals surface area contributed by atoms with Crippen LogP contribution in [0.4, 0.5) is 25.4 Å². The van der Waals surface area contributed by atoms with Gasteiger partial charge in [-0.05, 0) is 79.7 Å². The van der Waals surface area contributed by atoms with Crippen LogP contribution in [0.1, 0.15) is 101 Å². The number of fused-ring (bicyclic) bond motifs is 1. The highest BCUT2D eigenvalue weighted by Crippen LogP contribution is 2.44. The third kappa shape index (κ3) is 12.4. The molecule has 0 aliphatic carbocycles. The van der Waals surface area contributed by atoms with Crippen LogP contribution >= 0.6 is 0 Å². The van der Waals surface area contributed by atoms with Crippen molar-refractivity contribution in [3.63, 3.8) is 0 Å². The van der Waals surface area contributed by atoms with Crippen LogP contribution in [0, 0.1) is 11.2 Å². The summed E-state index contributed by atoms with van der Waals surface area (Å²) in [4.78, 5) is 43.0. The van der Waals surface area contributed by atoms with Gasteiger partial charge in [0.05, 0.1) is 11.7 Å². The summed E-state index contributed by atoms with van der Waals surface area (Å²) in [6.07, 6.45) is -0.457. The van der Waals surface area contributed by atoms with Crippen LogP contribution in [0.2, 0.25) is 0 Å². The molecule has 0 fully saturated rings. The lowest BCUT2D eigenvalue weighted by atomic mass is 9.92. The molecule has 0 saturated heterocycles. The van der Waals surface area contributed by atoms with Crippen molar-refractivity contribution < 1.29 is 37.7 Å². The van der Waals surface area contributed by atoms with E-state index < -0.39 is 46.8 Å². The number of halogens is 1. The number of hydrogen-bond donors (Lipinski definition) is 1.